The Morgan fingerprint density at radius 2 is 1.67 bits per heavy atom. The number of carbonyl (C=O) groups is 1. The van der Waals surface area contributed by atoms with E-state index in [1.165, 1.54) is 18.4 Å². The van der Waals surface area contributed by atoms with E-state index in [2.05, 4.69) is 66.1 Å². The minimum atomic E-state index is 0. The summed E-state index contributed by atoms with van der Waals surface area (Å²) >= 11 is 0. The van der Waals surface area contributed by atoms with Gasteiger partial charge in [0.05, 0.1) is 11.3 Å². The summed E-state index contributed by atoms with van der Waals surface area (Å²) in [6.45, 7) is 2.10. The molecular weight excluding hydrogens is 394 g/mol. The lowest BCUT2D eigenvalue weighted by atomic mass is 9.97. The molecule has 158 valence electrons. The number of nitrogens with zero attached hydrogens (tertiary/aromatic N) is 2. The molecule has 1 amide bonds. The molecule has 4 nitrogen and oxygen atoms in total. The van der Waals surface area contributed by atoms with Crippen LogP contribution in [0, 0.1) is 6.92 Å². The van der Waals surface area contributed by atoms with Gasteiger partial charge in [-0.1, -0.05) is 42.5 Å². The molecule has 0 spiro atoms. The Balaban J connectivity index is 0.00000218. The molecule has 1 unspecified atom stereocenters. The molecule has 2 saturated heterocycles. The van der Waals surface area contributed by atoms with E-state index >= 15 is 0 Å². The van der Waals surface area contributed by atoms with E-state index in [0.29, 0.717) is 12.1 Å². The van der Waals surface area contributed by atoms with Crippen molar-refractivity contribution in [2.75, 3.05) is 7.05 Å². The van der Waals surface area contributed by atoms with Crippen LogP contribution in [0.1, 0.15) is 41.6 Å². The molecule has 5 rings (SSSR count). The van der Waals surface area contributed by atoms with Gasteiger partial charge in [-0.15, -0.1) is 12.4 Å². The number of fused-ring (bicyclic) bond motifs is 3. The highest BCUT2D eigenvalue weighted by atomic mass is 35.5. The molecule has 1 N–H and O–H groups in total. The number of rotatable bonds is 3. The van der Waals surface area contributed by atoms with Crippen LogP contribution in [0.25, 0.3) is 22.2 Å². The van der Waals surface area contributed by atoms with Crippen molar-refractivity contribution >= 4 is 29.2 Å². The van der Waals surface area contributed by atoms with Gasteiger partial charge in [0.15, 0.2) is 0 Å². The van der Waals surface area contributed by atoms with Crippen LogP contribution in [0.2, 0.25) is 0 Å². The third-order valence-electron chi connectivity index (χ3n) is 7.06. The number of hydrogen-bond acceptors (Lipinski definition) is 2. The summed E-state index contributed by atoms with van der Waals surface area (Å²) in [6.07, 6.45) is 4.64. The molecule has 0 radical (unpaired) electrons. The van der Waals surface area contributed by atoms with E-state index in [1.807, 2.05) is 18.2 Å². The molecular formula is C25H30ClN3O. The van der Waals surface area contributed by atoms with Gasteiger partial charge < -0.3 is 14.8 Å². The molecule has 3 atom stereocenters. The Bertz CT molecular complexity index is 1060. The average molecular weight is 424 g/mol. The molecule has 2 aliphatic heterocycles. The number of amides is 1. The number of piperidine rings is 1. The summed E-state index contributed by atoms with van der Waals surface area (Å²) in [5.74, 6) is 0.0623. The first kappa shape index (κ1) is 21.0. The van der Waals surface area contributed by atoms with Crippen molar-refractivity contribution in [3.63, 3.8) is 0 Å². The Hall–Kier alpha value is -2.30. The van der Waals surface area contributed by atoms with Gasteiger partial charge in [0, 0.05) is 36.1 Å². The van der Waals surface area contributed by atoms with Crippen LogP contribution in [0.3, 0.4) is 0 Å². The van der Waals surface area contributed by atoms with Gasteiger partial charge in [0.25, 0.3) is 5.91 Å². The first-order valence-corrected chi connectivity index (χ1v) is 10.7. The summed E-state index contributed by atoms with van der Waals surface area (Å²) < 4.78 is 2.17. The Kier molecular flexibility index (Phi) is 5.65. The van der Waals surface area contributed by atoms with Crippen LogP contribution in [0.5, 0.6) is 0 Å². The molecule has 5 heteroatoms. The quantitative estimate of drug-likeness (QED) is 0.648. The molecule has 2 bridgehead atoms. The van der Waals surface area contributed by atoms with Crippen molar-refractivity contribution in [2.45, 2.75) is 50.7 Å². The molecule has 3 aromatic rings. The summed E-state index contributed by atoms with van der Waals surface area (Å²) in [5.41, 5.74) is 5.20. The number of carbonyl (C=O) groups excluding carboxylic acids is 1. The van der Waals surface area contributed by atoms with E-state index in [0.717, 1.165) is 40.6 Å². The fourth-order valence-electron chi connectivity index (χ4n) is 5.50. The maximum Gasteiger partial charge on any atom is 0.254 e. The zero-order chi connectivity index (χ0) is 20.1. The number of nitrogens with one attached hydrogen (secondary N) is 1. The van der Waals surface area contributed by atoms with E-state index < -0.39 is 0 Å². The van der Waals surface area contributed by atoms with Gasteiger partial charge in [0.1, 0.15) is 0 Å². The number of halogens is 1. The van der Waals surface area contributed by atoms with Crippen molar-refractivity contribution in [1.82, 2.24) is 14.8 Å². The van der Waals surface area contributed by atoms with Crippen LogP contribution < -0.4 is 5.32 Å². The number of hydrogen-bond donors (Lipinski definition) is 1. The highest BCUT2D eigenvalue weighted by Gasteiger charge is 2.39. The molecule has 2 fully saturated rings. The lowest BCUT2D eigenvalue weighted by Crippen LogP contribution is -2.48. The van der Waals surface area contributed by atoms with Crippen LogP contribution in [-0.2, 0) is 7.05 Å². The molecule has 2 aliphatic rings. The monoisotopic (exact) mass is 423 g/mol. The summed E-state index contributed by atoms with van der Waals surface area (Å²) in [5, 5.41) is 4.44. The third-order valence-corrected chi connectivity index (χ3v) is 7.06. The predicted molar refractivity (Wildman–Crippen MR) is 125 cm³/mol. The van der Waals surface area contributed by atoms with Gasteiger partial charge >= 0.3 is 0 Å². The van der Waals surface area contributed by atoms with Gasteiger partial charge in [-0.05, 0) is 56.8 Å². The van der Waals surface area contributed by atoms with Crippen LogP contribution in [-0.4, -0.2) is 40.5 Å². The van der Waals surface area contributed by atoms with Crippen LogP contribution in [0.4, 0.5) is 0 Å². The molecule has 1 aromatic heterocycles. The molecule has 30 heavy (non-hydrogen) atoms. The lowest BCUT2D eigenvalue weighted by molar-refractivity contribution is 0.0884. The van der Waals surface area contributed by atoms with Crippen LogP contribution >= 0.6 is 12.4 Å². The second kappa shape index (κ2) is 8.09. The van der Waals surface area contributed by atoms with Crippen molar-refractivity contribution < 1.29 is 4.79 Å². The second-order valence-corrected chi connectivity index (χ2v) is 8.86. The maximum absolute atomic E-state index is 13.6. The Labute approximate surface area is 184 Å². The number of benzene rings is 2. The number of aryl methyl sites for hydroxylation is 2. The maximum atomic E-state index is 13.6. The first-order chi connectivity index (χ1) is 14.0. The summed E-state index contributed by atoms with van der Waals surface area (Å²) in [4.78, 5) is 16.1. The van der Waals surface area contributed by atoms with Crippen molar-refractivity contribution in [3.05, 3.63) is 59.7 Å². The zero-order valence-electron chi connectivity index (χ0n) is 17.9. The topological polar surface area (TPSA) is 37.3 Å². The zero-order valence-corrected chi connectivity index (χ0v) is 18.7. The fourth-order valence-corrected chi connectivity index (χ4v) is 5.50. The fraction of sp³-hybridized carbons (Fsp3) is 0.400. The van der Waals surface area contributed by atoms with Gasteiger partial charge in [-0.25, -0.2) is 0 Å². The van der Waals surface area contributed by atoms with Gasteiger partial charge in [0.2, 0.25) is 0 Å². The molecule has 0 aliphatic carbocycles. The smallest absolute Gasteiger partial charge is 0.254 e. The third kappa shape index (κ3) is 3.42. The lowest BCUT2D eigenvalue weighted by Gasteiger charge is -2.36. The van der Waals surface area contributed by atoms with E-state index in [-0.39, 0.29) is 24.4 Å². The standard InChI is InChI=1S/C25H29N3O.ClH/c1-16-9-12-21-22(13-16)28(3)24(17-7-5-4-6-8-17)23(21)25(29)26-18-14-19-10-11-20(15-18)27(19)2;/h4-9,12-13,18-20H,10-11,14-15H2,1-3H3,(H,26,29);1H/t18?,19-,20+;. The highest BCUT2D eigenvalue weighted by Crippen LogP contribution is 2.36. The molecule has 3 heterocycles. The highest BCUT2D eigenvalue weighted by molar-refractivity contribution is 6.13. The number of aromatic nitrogens is 1. The van der Waals surface area contributed by atoms with Crippen molar-refractivity contribution in [2.24, 2.45) is 7.05 Å². The minimum absolute atomic E-state index is 0. The van der Waals surface area contributed by atoms with E-state index in [1.54, 1.807) is 0 Å². The normalized spacial score (nSPS) is 23.4. The van der Waals surface area contributed by atoms with Crippen molar-refractivity contribution in [1.29, 1.82) is 0 Å². The van der Waals surface area contributed by atoms with Crippen LogP contribution in [0.15, 0.2) is 48.5 Å². The van der Waals surface area contributed by atoms with E-state index in [4.69, 9.17) is 0 Å². The average Bonchev–Trinajstić information content (AvgIpc) is 3.10. The summed E-state index contributed by atoms with van der Waals surface area (Å²) in [6, 6.07) is 18.1. The Morgan fingerprint density at radius 1 is 1.00 bits per heavy atom. The van der Waals surface area contributed by atoms with E-state index in [9.17, 15) is 4.79 Å². The van der Waals surface area contributed by atoms with Crippen molar-refractivity contribution in [3.8, 4) is 11.3 Å². The first-order valence-electron chi connectivity index (χ1n) is 10.7. The molecule has 2 aromatic carbocycles. The Morgan fingerprint density at radius 3 is 2.33 bits per heavy atom. The predicted octanol–water partition coefficient (Wildman–Crippen LogP) is 4.93. The second-order valence-electron chi connectivity index (χ2n) is 8.86. The van der Waals surface area contributed by atoms with Gasteiger partial charge in [-0.3, -0.25) is 4.79 Å². The van der Waals surface area contributed by atoms with Gasteiger partial charge in [-0.2, -0.15) is 0 Å². The summed E-state index contributed by atoms with van der Waals surface area (Å²) in [7, 11) is 4.30. The SMILES string of the molecule is Cc1ccc2c(C(=O)NC3C[C@H]4CC[C@@H](C3)N4C)c(-c3ccccc3)n(C)c2c1.Cl. The largest absolute Gasteiger partial charge is 0.349 e. The molecule has 0 saturated carbocycles. The minimum Gasteiger partial charge on any atom is -0.349 e.